The van der Waals surface area contributed by atoms with Gasteiger partial charge in [0.2, 0.25) is 0 Å². The van der Waals surface area contributed by atoms with E-state index in [2.05, 4.69) is 0 Å². The fourth-order valence-electron chi connectivity index (χ4n) is 0.870. The van der Waals surface area contributed by atoms with Crippen LogP contribution in [-0.2, 0) is 4.79 Å². The fraction of sp³-hybridized carbons (Fsp3) is 0.667. The Balaban J connectivity index is 4.24. The van der Waals surface area contributed by atoms with Crippen LogP contribution in [-0.4, -0.2) is 22.3 Å². The standard InChI is InChI=1S/C9H16O3/c1-6(2)8(9(11)12)5-4-7(3)10/h4-8,10H,1-3H3,(H,11,12). The second-order valence-corrected chi connectivity index (χ2v) is 3.23. The largest absolute Gasteiger partial charge is 0.481 e. The monoisotopic (exact) mass is 172 g/mol. The maximum atomic E-state index is 10.6. The molecule has 2 unspecified atom stereocenters. The van der Waals surface area contributed by atoms with Crippen LogP contribution in [0, 0.1) is 11.8 Å². The first-order valence-corrected chi connectivity index (χ1v) is 4.04. The van der Waals surface area contributed by atoms with Gasteiger partial charge in [0.05, 0.1) is 12.0 Å². The number of aliphatic hydroxyl groups excluding tert-OH is 1. The average molecular weight is 172 g/mol. The van der Waals surface area contributed by atoms with Crippen molar-refractivity contribution >= 4 is 5.97 Å². The summed E-state index contributed by atoms with van der Waals surface area (Å²) in [5.41, 5.74) is 0. The SMILES string of the molecule is CC(O)C=CC(C(=O)O)C(C)C. The van der Waals surface area contributed by atoms with Gasteiger partial charge in [0.15, 0.2) is 0 Å². The fourth-order valence-corrected chi connectivity index (χ4v) is 0.870. The molecule has 0 radical (unpaired) electrons. The van der Waals surface area contributed by atoms with Gasteiger partial charge < -0.3 is 10.2 Å². The van der Waals surface area contributed by atoms with Crippen LogP contribution in [0.3, 0.4) is 0 Å². The van der Waals surface area contributed by atoms with Crippen LogP contribution in [0.25, 0.3) is 0 Å². The molecule has 0 spiro atoms. The van der Waals surface area contributed by atoms with Crippen molar-refractivity contribution in [1.82, 2.24) is 0 Å². The molecule has 70 valence electrons. The van der Waals surface area contributed by atoms with E-state index < -0.39 is 18.0 Å². The highest BCUT2D eigenvalue weighted by molar-refractivity contribution is 5.72. The summed E-state index contributed by atoms with van der Waals surface area (Å²) < 4.78 is 0. The van der Waals surface area contributed by atoms with Crippen LogP contribution in [0.1, 0.15) is 20.8 Å². The van der Waals surface area contributed by atoms with Crippen LogP contribution in [0.5, 0.6) is 0 Å². The number of carboxylic acids is 1. The Morgan fingerprint density at radius 1 is 1.25 bits per heavy atom. The minimum Gasteiger partial charge on any atom is -0.481 e. The van der Waals surface area contributed by atoms with Crippen molar-refractivity contribution in [2.75, 3.05) is 0 Å². The van der Waals surface area contributed by atoms with E-state index in [0.717, 1.165) is 0 Å². The molecule has 0 aliphatic heterocycles. The van der Waals surface area contributed by atoms with Crippen LogP contribution in [0.4, 0.5) is 0 Å². The van der Waals surface area contributed by atoms with E-state index in [1.54, 1.807) is 6.92 Å². The van der Waals surface area contributed by atoms with E-state index in [9.17, 15) is 4.79 Å². The highest BCUT2D eigenvalue weighted by Gasteiger charge is 2.17. The van der Waals surface area contributed by atoms with Crippen LogP contribution < -0.4 is 0 Å². The Morgan fingerprint density at radius 3 is 2.00 bits per heavy atom. The first-order valence-electron chi connectivity index (χ1n) is 4.04. The molecular weight excluding hydrogens is 156 g/mol. The smallest absolute Gasteiger partial charge is 0.310 e. The summed E-state index contributed by atoms with van der Waals surface area (Å²) in [4.78, 5) is 10.6. The van der Waals surface area contributed by atoms with Gasteiger partial charge in [-0.25, -0.2) is 0 Å². The molecule has 0 aromatic carbocycles. The van der Waals surface area contributed by atoms with E-state index in [-0.39, 0.29) is 5.92 Å². The number of aliphatic carboxylic acids is 1. The van der Waals surface area contributed by atoms with E-state index in [0.29, 0.717) is 0 Å². The van der Waals surface area contributed by atoms with Crippen molar-refractivity contribution in [3.8, 4) is 0 Å². The molecular formula is C9H16O3. The summed E-state index contributed by atoms with van der Waals surface area (Å²) in [5, 5.41) is 17.6. The maximum absolute atomic E-state index is 10.6. The molecule has 0 saturated heterocycles. The predicted octanol–water partition coefficient (Wildman–Crippen LogP) is 1.28. The van der Waals surface area contributed by atoms with E-state index in [1.165, 1.54) is 12.2 Å². The second kappa shape index (κ2) is 4.93. The van der Waals surface area contributed by atoms with Crippen LogP contribution >= 0.6 is 0 Å². The Kier molecular flexibility index (Phi) is 4.59. The molecule has 0 saturated carbocycles. The zero-order valence-corrected chi connectivity index (χ0v) is 7.69. The van der Waals surface area contributed by atoms with Gasteiger partial charge in [-0.3, -0.25) is 4.79 Å². The van der Waals surface area contributed by atoms with Crippen LogP contribution in [0.15, 0.2) is 12.2 Å². The summed E-state index contributed by atoms with van der Waals surface area (Å²) in [6.07, 6.45) is 2.46. The molecule has 2 atom stereocenters. The highest BCUT2D eigenvalue weighted by atomic mass is 16.4. The zero-order chi connectivity index (χ0) is 9.72. The van der Waals surface area contributed by atoms with Crippen molar-refractivity contribution < 1.29 is 15.0 Å². The number of carboxylic acid groups (broad SMARTS) is 1. The van der Waals surface area contributed by atoms with Crippen molar-refractivity contribution in [1.29, 1.82) is 0 Å². The van der Waals surface area contributed by atoms with Crippen molar-refractivity contribution in [2.24, 2.45) is 11.8 Å². The first kappa shape index (κ1) is 11.2. The summed E-state index contributed by atoms with van der Waals surface area (Å²) in [6.45, 7) is 5.27. The van der Waals surface area contributed by atoms with Crippen molar-refractivity contribution in [2.45, 2.75) is 26.9 Å². The predicted molar refractivity (Wildman–Crippen MR) is 46.8 cm³/mol. The molecule has 3 nitrogen and oxygen atoms in total. The molecule has 0 fully saturated rings. The van der Waals surface area contributed by atoms with E-state index in [4.69, 9.17) is 10.2 Å². The molecule has 2 N–H and O–H groups in total. The van der Waals surface area contributed by atoms with Crippen LogP contribution in [0.2, 0.25) is 0 Å². The summed E-state index contributed by atoms with van der Waals surface area (Å²) in [7, 11) is 0. The van der Waals surface area contributed by atoms with Gasteiger partial charge in [-0.2, -0.15) is 0 Å². The molecule has 0 aromatic heterocycles. The van der Waals surface area contributed by atoms with Gasteiger partial charge in [0.25, 0.3) is 0 Å². The number of aliphatic hydroxyl groups is 1. The lowest BCUT2D eigenvalue weighted by molar-refractivity contribution is -0.141. The Bertz CT molecular complexity index is 171. The van der Waals surface area contributed by atoms with Crippen molar-refractivity contribution in [3.63, 3.8) is 0 Å². The quantitative estimate of drug-likeness (QED) is 0.628. The Hall–Kier alpha value is -0.830. The number of rotatable bonds is 4. The van der Waals surface area contributed by atoms with Gasteiger partial charge in [-0.15, -0.1) is 0 Å². The molecule has 0 heterocycles. The zero-order valence-electron chi connectivity index (χ0n) is 7.69. The van der Waals surface area contributed by atoms with Gasteiger partial charge in [0.1, 0.15) is 0 Å². The molecule has 0 amide bonds. The Morgan fingerprint density at radius 2 is 1.75 bits per heavy atom. The summed E-state index contributed by atoms with van der Waals surface area (Å²) >= 11 is 0. The normalized spacial score (nSPS) is 16.8. The Labute approximate surface area is 72.7 Å². The summed E-state index contributed by atoms with van der Waals surface area (Å²) in [6, 6.07) is 0. The average Bonchev–Trinajstić information content (AvgIpc) is 1.84. The third kappa shape index (κ3) is 4.13. The summed E-state index contributed by atoms with van der Waals surface area (Å²) in [5.74, 6) is -1.29. The molecule has 0 rings (SSSR count). The lowest BCUT2D eigenvalue weighted by Crippen LogP contribution is -2.17. The van der Waals surface area contributed by atoms with E-state index >= 15 is 0 Å². The van der Waals surface area contributed by atoms with Gasteiger partial charge in [0, 0.05) is 0 Å². The second-order valence-electron chi connectivity index (χ2n) is 3.23. The van der Waals surface area contributed by atoms with Gasteiger partial charge >= 0.3 is 5.97 Å². The molecule has 0 bridgehead atoms. The molecule has 0 aliphatic carbocycles. The third-order valence-corrected chi connectivity index (χ3v) is 1.60. The molecule has 0 aliphatic rings. The minimum atomic E-state index is -0.845. The first-order chi connectivity index (χ1) is 5.45. The highest BCUT2D eigenvalue weighted by Crippen LogP contribution is 2.12. The van der Waals surface area contributed by atoms with Gasteiger partial charge in [-0.1, -0.05) is 26.0 Å². The van der Waals surface area contributed by atoms with E-state index in [1.807, 2.05) is 13.8 Å². The van der Waals surface area contributed by atoms with Crippen molar-refractivity contribution in [3.05, 3.63) is 12.2 Å². The topological polar surface area (TPSA) is 57.5 Å². The molecule has 0 aromatic rings. The molecule has 3 heteroatoms. The lowest BCUT2D eigenvalue weighted by atomic mass is 9.95. The number of hydrogen-bond donors (Lipinski definition) is 2. The molecule has 12 heavy (non-hydrogen) atoms. The maximum Gasteiger partial charge on any atom is 0.310 e. The number of hydrogen-bond acceptors (Lipinski definition) is 2. The number of carbonyl (C=O) groups is 1. The third-order valence-electron chi connectivity index (χ3n) is 1.60. The minimum absolute atomic E-state index is 0.0532. The lowest BCUT2D eigenvalue weighted by Gasteiger charge is -2.11. The van der Waals surface area contributed by atoms with Gasteiger partial charge in [-0.05, 0) is 12.8 Å².